The summed E-state index contributed by atoms with van der Waals surface area (Å²) in [5.41, 5.74) is 12.6. The lowest BCUT2D eigenvalue weighted by Crippen LogP contribution is -2.41. The van der Waals surface area contributed by atoms with Crippen molar-refractivity contribution >= 4 is 35.2 Å². The number of aromatic amines is 1. The number of hydrogen-bond donors (Lipinski definition) is 7. The van der Waals surface area contributed by atoms with Crippen molar-refractivity contribution < 1.29 is 29.7 Å². The molecule has 1 aromatic heterocycles. The van der Waals surface area contributed by atoms with Gasteiger partial charge in [-0.25, -0.2) is 4.79 Å². The van der Waals surface area contributed by atoms with E-state index in [1.807, 2.05) is 0 Å². The van der Waals surface area contributed by atoms with Gasteiger partial charge in [-0.15, -0.1) is 0 Å². The van der Waals surface area contributed by atoms with E-state index >= 15 is 0 Å². The Balaban J connectivity index is 2.12. The van der Waals surface area contributed by atoms with Crippen molar-refractivity contribution in [1.82, 2.24) is 15.3 Å². The van der Waals surface area contributed by atoms with Gasteiger partial charge in [0.1, 0.15) is 11.9 Å². The Hall–Kier alpha value is -4.19. The van der Waals surface area contributed by atoms with Crippen molar-refractivity contribution in [2.75, 3.05) is 18.1 Å². The number of nitrogens with zero attached hydrogens (tertiary/aromatic N) is 1. The molecule has 9 N–H and O–H groups in total. The topological polar surface area (TPSA) is 222 Å². The molecule has 176 valence electrons. The number of H-pyrrole nitrogens is 1. The number of nitrogens with two attached hydrogens (primary N) is 2. The molecule has 0 aliphatic carbocycles. The van der Waals surface area contributed by atoms with Gasteiger partial charge in [0, 0.05) is 12.0 Å². The first-order valence-corrected chi connectivity index (χ1v) is 9.92. The minimum atomic E-state index is -1.34. The number of allylic oxidation sites excluding steroid dienone is 1. The fourth-order valence-corrected chi connectivity index (χ4v) is 3.11. The zero-order valence-electron chi connectivity index (χ0n) is 17.6. The Labute approximate surface area is 188 Å². The molecule has 12 heteroatoms. The van der Waals surface area contributed by atoms with Gasteiger partial charge >= 0.3 is 11.9 Å². The second kappa shape index (κ2) is 11.4. The zero-order valence-corrected chi connectivity index (χ0v) is 17.6. The number of rotatable bonds is 11. The summed E-state index contributed by atoms with van der Waals surface area (Å²) in [4.78, 5) is 52.6. The minimum absolute atomic E-state index is 0.0162. The van der Waals surface area contributed by atoms with Gasteiger partial charge in [0.25, 0.3) is 11.5 Å². The molecule has 1 aromatic carbocycles. The molecule has 1 atom stereocenters. The number of benzene rings is 1. The van der Waals surface area contributed by atoms with Gasteiger partial charge in [-0.3, -0.25) is 19.4 Å². The van der Waals surface area contributed by atoms with E-state index in [0.717, 1.165) is 0 Å². The molecule has 0 unspecified atom stereocenters. The van der Waals surface area contributed by atoms with Gasteiger partial charge in [0.2, 0.25) is 5.95 Å². The standard InChI is InChI=1S/C21H25N5O7/c22-17-14(19(31)26-21(23)25-17)6-5-12(9-10-27)11-1-3-13(4-2-11)18(30)24-15(20(32)33)7-8-16(28)29/h1-4,9,15,27H,5-8,10H2,(H,24,30)(H,28,29)(H,32,33)(H5,22,23,25,26,31)/b12-9-/t15-/m0/s1. The van der Waals surface area contributed by atoms with Crippen LogP contribution in [-0.2, 0) is 16.0 Å². The Morgan fingerprint density at radius 1 is 1.09 bits per heavy atom. The minimum Gasteiger partial charge on any atom is -0.481 e. The van der Waals surface area contributed by atoms with Crippen LogP contribution >= 0.6 is 0 Å². The first kappa shape index (κ1) is 25.1. The van der Waals surface area contributed by atoms with Crippen LogP contribution in [0.25, 0.3) is 5.57 Å². The number of carboxylic acid groups (broad SMARTS) is 2. The van der Waals surface area contributed by atoms with Crippen LogP contribution in [0.3, 0.4) is 0 Å². The monoisotopic (exact) mass is 459 g/mol. The van der Waals surface area contributed by atoms with Crippen molar-refractivity contribution in [3.05, 3.63) is 57.4 Å². The summed E-state index contributed by atoms with van der Waals surface area (Å²) in [6.45, 7) is -0.257. The molecule has 1 amide bonds. The second-order valence-corrected chi connectivity index (χ2v) is 7.10. The van der Waals surface area contributed by atoms with E-state index in [4.69, 9.17) is 16.6 Å². The number of carbonyl (C=O) groups excluding carboxylic acids is 1. The number of nitrogens with one attached hydrogen (secondary N) is 2. The lowest BCUT2D eigenvalue weighted by molar-refractivity contribution is -0.140. The Morgan fingerprint density at radius 2 is 1.73 bits per heavy atom. The van der Waals surface area contributed by atoms with Crippen LogP contribution in [0.1, 0.15) is 40.7 Å². The highest BCUT2D eigenvalue weighted by atomic mass is 16.4. The van der Waals surface area contributed by atoms with Crippen LogP contribution in [-0.4, -0.2) is 55.8 Å². The molecule has 2 rings (SSSR count). The van der Waals surface area contributed by atoms with Crippen molar-refractivity contribution in [3.63, 3.8) is 0 Å². The third kappa shape index (κ3) is 7.18. The van der Waals surface area contributed by atoms with E-state index < -0.39 is 35.9 Å². The van der Waals surface area contributed by atoms with Crippen LogP contribution in [0.15, 0.2) is 35.1 Å². The van der Waals surface area contributed by atoms with Gasteiger partial charge in [0.15, 0.2) is 0 Å². The number of aliphatic carboxylic acids is 2. The van der Waals surface area contributed by atoms with Gasteiger partial charge < -0.3 is 32.1 Å². The highest BCUT2D eigenvalue weighted by Crippen LogP contribution is 2.22. The average molecular weight is 459 g/mol. The molecule has 0 spiro atoms. The summed E-state index contributed by atoms with van der Waals surface area (Å²) < 4.78 is 0. The van der Waals surface area contributed by atoms with E-state index in [9.17, 15) is 29.4 Å². The van der Waals surface area contributed by atoms with Crippen LogP contribution < -0.4 is 22.3 Å². The molecule has 2 aromatic rings. The van der Waals surface area contributed by atoms with Crippen molar-refractivity contribution in [3.8, 4) is 0 Å². The number of nitrogen functional groups attached to an aromatic ring is 2. The molecule has 0 saturated carbocycles. The van der Waals surface area contributed by atoms with Crippen LogP contribution in [0.2, 0.25) is 0 Å². The number of carbonyl (C=O) groups is 3. The van der Waals surface area contributed by atoms with Crippen molar-refractivity contribution in [2.24, 2.45) is 0 Å². The summed E-state index contributed by atoms with van der Waals surface area (Å²) in [7, 11) is 0. The molecule has 0 aliphatic rings. The molecule has 0 saturated heterocycles. The molecule has 1 heterocycles. The maximum atomic E-state index is 12.4. The lowest BCUT2D eigenvalue weighted by Gasteiger charge is -2.14. The molecular weight excluding hydrogens is 434 g/mol. The maximum absolute atomic E-state index is 12.4. The molecule has 0 radical (unpaired) electrons. The lowest BCUT2D eigenvalue weighted by atomic mass is 9.97. The van der Waals surface area contributed by atoms with Crippen LogP contribution in [0.5, 0.6) is 0 Å². The first-order valence-electron chi connectivity index (χ1n) is 9.92. The van der Waals surface area contributed by atoms with Gasteiger partial charge in [0.05, 0.1) is 12.2 Å². The van der Waals surface area contributed by atoms with Crippen molar-refractivity contribution in [2.45, 2.75) is 31.7 Å². The molecule has 0 aliphatic heterocycles. The number of aliphatic hydroxyl groups is 1. The summed E-state index contributed by atoms with van der Waals surface area (Å²) in [5.74, 6) is -3.24. The summed E-state index contributed by atoms with van der Waals surface area (Å²) in [6.07, 6.45) is 1.46. The maximum Gasteiger partial charge on any atom is 0.326 e. The third-order valence-corrected chi connectivity index (χ3v) is 4.82. The van der Waals surface area contributed by atoms with Gasteiger partial charge in [-0.2, -0.15) is 4.98 Å². The highest BCUT2D eigenvalue weighted by Gasteiger charge is 2.21. The Morgan fingerprint density at radius 3 is 2.27 bits per heavy atom. The van der Waals surface area contributed by atoms with E-state index in [2.05, 4.69) is 15.3 Å². The summed E-state index contributed by atoms with van der Waals surface area (Å²) >= 11 is 0. The van der Waals surface area contributed by atoms with Gasteiger partial charge in [-0.05, 0) is 42.5 Å². The number of carboxylic acids is 2. The number of aliphatic hydroxyl groups excluding tert-OH is 1. The molecule has 12 nitrogen and oxygen atoms in total. The smallest absolute Gasteiger partial charge is 0.326 e. The van der Waals surface area contributed by atoms with Gasteiger partial charge in [-0.1, -0.05) is 18.2 Å². The number of amides is 1. The summed E-state index contributed by atoms with van der Waals surface area (Å²) in [5, 5.41) is 29.6. The van der Waals surface area contributed by atoms with Crippen LogP contribution in [0.4, 0.5) is 11.8 Å². The normalized spacial score (nSPS) is 12.2. The van der Waals surface area contributed by atoms with E-state index in [1.165, 1.54) is 12.1 Å². The fraction of sp³-hybridized carbons (Fsp3) is 0.286. The van der Waals surface area contributed by atoms with E-state index in [0.29, 0.717) is 17.6 Å². The zero-order chi connectivity index (χ0) is 24.5. The van der Waals surface area contributed by atoms with Crippen molar-refractivity contribution in [1.29, 1.82) is 0 Å². The quantitative estimate of drug-likeness (QED) is 0.238. The predicted molar refractivity (Wildman–Crippen MR) is 119 cm³/mol. The van der Waals surface area contributed by atoms with E-state index in [1.54, 1.807) is 18.2 Å². The Kier molecular flexibility index (Phi) is 8.69. The third-order valence-electron chi connectivity index (χ3n) is 4.82. The second-order valence-electron chi connectivity index (χ2n) is 7.10. The SMILES string of the molecule is Nc1nc(N)c(CC/C(=C/CO)c2ccc(C(=O)N[C@@H](CCC(=O)O)C(=O)O)cc2)c(=O)[nH]1. The number of hydrogen-bond acceptors (Lipinski definition) is 8. The fourth-order valence-electron chi connectivity index (χ4n) is 3.11. The molecular formula is C21H25N5O7. The Bertz CT molecular complexity index is 1110. The van der Waals surface area contributed by atoms with Crippen LogP contribution in [0, 0.1) is 0 Å². The number of anilines is 2. The molecule has 0 bridgehead atoms. The first-order chi connectivity index (χ1) is 15.6. The summed E-state index contributed by atoms with van der Waals surface area (Å²) in [6, 6.07) is 4.82. The number of aromatic nitrogens is 2. The van der Waals surface area contributed by atoms with E-state index in [-0.39, 0.29) is 42.3 Å². The highest BCUT2D eigenvalue weighted by molar-refractivity contribution is 5.97. The molecule has 33 heavy (non-hydrogen) atoms. The largest absolute Gasteiger partial charge is 0.481 e. The average Bonchev–Trinajstić information content (AvgIpc) is 2.74. The molecule has 0 fully saturated rings. The predicted octanol–water partition coefficient (Wildman–Crippen LogP) is -0.00940.